The van der Waals surface area contributed by atoms with Crippen molar-refractivity contribution in [1.29, 1.82) is 0 Å². The predicted octanol–water partition coefficient (Wildman–Crippen LogP) is 1.44. The van der Waals surface area contributed by atoms with Gasteiger partial charge in [0.05, 0.1) is 12.3 Å². The second kappa shape index (κ2) is 5.10. The molecule has 3 heteroatoms. The van der Waals surface area contributed by atoms with Crippen molar-refractivity contribution in [1.82, 2.24) is 10.2 Å². The summed E-state index contributed by atoms with van der Waals surface area (Å²) in [6, 6.07) is 0.661. The summed E-state index contributed by atoms with van der Waals surface area (Å²) >= 11 is 0. The van der Waals surface area contributed by atoms with Gasteiger partial charge in [0.25, 0.3) is 0 Å². The molecule has 1 spiro atoms. The van der Waals surface area contributed by atoms with Crippen molar-refractivity contribution < 1.29 is 4.74 Å². The first kappa shape index (κ1) is 12.0. The average molecular weight is 200 g/mol. The van der Waals surface area contributed by atoms with Crippen molar-refractivity contribution in [2.24, 2.45) is 0 Å². The Balaban J connectivity index is 0.000000461. The van der Waals surface area contributed by atoms with Crippen LogP contribution >= 0.6 is 0 Å². The highest BCUT2D eigenvalue weighted by Crippen LogP contribution is 2.28. The summed E-state index contributed by atoms with van der Waals surface area (Å²) in [6.45, 7) is 12.6. The van der Waals surface area contributed by atoms with Gasteiger partial charge in [0.2, 0.25) is 0 Å². The zero-order chi connectivity index (χ0) is 10.6. The minimum Gasteiger partial charge on any atom is -0.357 e. The molecule has 2 heterocycles. The van der Waals surface area contributed by atoms with Gasteiger partial charge in [-0.3, -0.25) is 10.2 Å². The minimum atomic E-state index is 0.157. The molecule has 0 aliphatic carbocycles. The van der Waals surface area contributed by atoms with Crippen LogP contribution in [0.1, 0.15) is 34.1 Å². The molecule has 0 aromatic heterocycles. The lowest BCUT2D eigenvalue weighted by Gasteiger charge is -2.24. The van der Waals surface area contributed by atoms with Gasteiger partial charge in [0.1, 0.15) is 0 Å². The molecule has 0 aromatic carbocycles. The van der Waals surface area contributed by atoms with Gasteiger partial charge in [0.15, 0.2) is 0 Å². The maximum atomic E-state index is 5.73. The molecule has 1 N–H and O–H groups in total. The molecule has 2 rings (SSSR count). The third-order valence-corrected chi connectivity index (χ3v) is 3.00. The van der Waals surface area contributed by atoms with E-state index in [1.165, 1.54) is 13.0 Å². The van der Waals surface area contributed by atoms with Crippen LogP contribution in [0.5, 0.6) is 0 Å². The van der Waals surface area contributed by atoms with Gasteiger partial charge < -0.3 is 4.74 Å². The molecular formula is C11H24N2O. The summed E-state index contributed by atoms with van der Waals surface area (Å²) in [5.41, 5.74) is 0.157. The summed E-state index contributed by atoms with van der Waals surface area (Å²) in [5.74, 6) is 0. The van der Waals surface area contributed by atoms with E-state index in [2.05, 4.69) is 24.1 Å². The molecule has 14 heavy (non-hydrogen) atoms. The maximum Gasteiger partial charge on any atom is 0.0975 e. The zero-order valence-corrected chi connectivity index (χ0v) is 9.97. The van der Waals surface area contributed by atoms with E-state index in [9.17, 15) is 0 Å². The molecule has 3 nitrogen and oxygen atoms in total. The molecule has 1 unspecified atom stereocenters. The normalized spacial score (nSPS) is 32.4. The Kier molecular flexibility index (Phi) is 4.35. The summed E-state index contributed by atoms with van der Waals surface area (Å²) in [4.78, 5) is 2.49. The molecule has 0 aromatic rings. The molecule has 2 aliphatic rings. The summed E-state index contributed by atoms with van der Waals surface area (Å²) in [6.07, 6.45) is 1.19. The van der Waals surface area contributed by atoms with E-state index in [0.29, 0.717) is 6.04 Å². The predicted molar refractivity (Wildman–Crippen MR) is 59.4 cm³/mol. The summed E-state index contributed by atoms with van der Waals surface area (Å²) in [7, 11) is 0. The first-order valence-corrected chi connectivity index (χ1v) is 5.81. The van der Waals surface area contributed by atoms with Gasteiger partial charge in [-0.15, -0.1) is 0 Å². The SMILES string of the molecule is CC.CC(C)N1CCC2(CNCO2)C1. The first-order valence-electron chi connectivity index (χ1n) is 5.81. The van der Waals surface area contributed by atoms with Crippen LogP contribution < -0.4 is 5.32 Å². The standard InChI is InChI=1S/C9H18N2O.C2H6/c1-8(2)11-4-3-9(6-11)5-10-7-12-9;1-2/h8,10H,3-7H2,1-2H3;1-2H3. The van der Waals surface area contributed by atoms with Gasteiger partial charge in [-0.1, -0.05) is 13.8 Å². The zero-order valence-electron chi connectivity index (χ0n) is 9.97. The van der Waals surface area contributed by atoms with Gasteiger partial charge >= 0.3 is 0 Å². The highest BCUT2D eigenvalue weighted by atomic mass is 16.5. The van der Waals surface area contributed by atoms with Gasteiger partial charge in [-0.05, 0) is 20.3 Å². The van der Waals surface area contributed by atoms with Crippen LogP contribution in [0.15, 0.2) is 0 Å². The van der Waals surface area contributed by atoms with Gasteiger partial charge in [0, 0.05) is 25.7 Å². The number of rotatable bonds is 1. The topological polar surface area (TPSA) is 24.5 Å². The fourth-order valence-electron chi connectivity index (χ4n) is 2.11. The van der Waals surface area contributed by atoms with Crippen molar-refractivity contribution in [3.63, 3.8) is 0 Å². The lowest BCUT2D eigenvalue weighted by Crippen LogP contribution is -2.38. The van der Waals surface area contributed by atoms with Crippen LogP contribution in [0.3, 0.4) is 0 Å². The largest absolute Gasteiger partial charge is 0.357 e. The van der Waals surface area contributed by atoms with E-state index in [1.807, 2.05) is 13.8 Å². The number of nitrogens with one attached hydrogen (secondary N) is 1. The van der Waals surface area contributed by atoms with Gasteiger partial charge in [-0.25, -0.2) is 0 Å². The third kappa shape index (κ3) is 2.47. The molecule has 0 radical (unpaired) electrons. The van der Waals surface area contributed by atoms with Crippen molar-refractivity contribution >= 4 is 0 Å². The maximum absolute atomic E-state index is 5.73. The molecule has 84 valence electrons. The number of likely N-dealkylation sites (tertiary alicyclic amines) is 1. The lowest BCUT2D eigenvalue weighted by molar-refractivity contribution is 0.0168. The lowest BCUT2D eigenvalue weighted by atomic mass is 10.0. The summed E-state index contributed by atoms with van der Waals surface area (Å²) in [5, 5.41) is 3.27. The van der Waals surface area contributed by atoms with E-state index in [4.69, 9.17) is 4.74 Å². The van der Waals surface area contributed by atoms with E-state index in [0.717, 1.165) is 19.8 Å². The van der Waals surface area contributed by atoms with Crippen LogP contribution in [0, 0.1) is 0 Å². The average Bonchev–Trinajstić information content (AvgIpc) is 2.81. The number of hydrogen-bond acceptors (Lipinski definition) is 3. The van der Waals surface area contributed by atoms with Crippen LogP contribution in [0.25, 0.3) is 0 Å². The van der Waals surface area contributed by atoms with Crippen molar-refractivity contribution in [3.05, 3.63) is 0 Å². The summed E-state index contributed by atoms with van der Waals surface area (Å²) < 4.78 is 5.73. The Morgan fingerprint density at radius 1 is 1.36 bits per heavy atom. The number of ether oxygens (including phenoxy) is 1. The van der Waals surface area contributed by atoms with Crippen molar-refractivity contribution in [2.45, 2.75) is 45.8 Å². The minimum absolute atomic E-state index is 0.157. The Hall–Kier alpha value is -0.120. The molecule has 2 fully saturated rings. The fraction of sp³-hybridized carbons (Fsp3) is 1.00. The Bertz CT molecular complexity index is 165. The highest BCUT2D eigenvalue weighted by molar-refractivity contribution is 4.96. The quantitative estimate of drug-likeness (QED) is 0.693. The second-order valence-electron chi connectivity index (χ2n) is 4.21. The van der Waals surface area contributed by atoms with Crippen LogP contribution in [0.2, 0.25) is 0 Å². The van der Waals surface area contributed by atoms with Crippen LogP contribution in [-0.4, -0.2) is 42.9 Å². The molecule has 2 saturated heterocycles. The molecule has 1 atom stereocenters. The fourth-order valence-corrected chi connectivity index (χ4v) is 2.11. The number of hydrogen-bond donors (Lipinski definition) is 1. The molecular weight excluding hydrogens is 176 g/mol. The van der Waals surface area contributed by atoms with Crippen molar-refractivity contribution in [2.75, 3.05) is 26.4 Å². The van der Waals surface area contributed by atoms with E-state index < -0.39 is 0 Å². The van der Waals surface area contributed by atoms with Gasteiger partial charge in [-0.2, -0.15) is 0 Å². The van der Waals surface area contributed by atoms with E-state index in [1.54, 1.807) is 0 Å². The van der Waals surface area contributed by atoms with Crippen molar-refractivity contribution in [3.8, 4) is 0 Å². The number of nitrogens with zero attached hydrogens (tertiary/aromatic N) is 1. The Morgan fingerprint density at radius 2 is 2.07 bits per heavy atom. The van der Waals surface area contributed by atoms with E-state index >= 15 is 0 Å². The third-order valence-electron chi connectivity index (χ3n) is 3.00. The smallest absolute Gasteiger partial charge is 0.0975 e. The molecule has 0 bridgehead atoms. The molecule has 2 aliphatic heterocycles. The highest BCUT2D eigenvalue weighted by Gasteiger charge is 2.42. The Labute approximate surface area is 87.8 Å². The first-order chi connectivity index (χ1) is 6.72. The van der Waals surface area contributed by atoms with Crippen LogP contribution in [-0.2, 0) is 4.74 Å². The van der Waals surface area contributed by atoms with E-state index in [-0.39, 0.29) is 5.60 Å². The molecule has 0 saturated carbocycles. The second-order valence-corrected chi connectivity index (χ2v) is 4.21. The van der Waals surface area contributed by atoms with Crippen LogP contribution in [0.4, 0.5) is 0 Å². The molecule has 0 amide bonds. The Morgan fingerprint density at radius 3 is 2.50 bits per heavy atom. The monoisotopic (exact) mass is 200 g/mol.